The normalized spacial score (nSPS) is 16.1. The van der Waals surface area contributed by atoms with Gasteiger partial charge in [0.1, 0.15) is 0 Å². The lowest BCUT2D eigenvalue weighted by molar-refractivity contribution is -0.119. The Morgan fingerprint density at radius 2 is 2.24 bits per heavy atom. The lowest BCUT2D eigenvalue weighted by atomic mass is 10.2. The maximum absolute atomic E-state index is 11.9. The molecule has 3 rings (SSSR count). The van der Waals surface area contributed by atoms with Crippen molar-refractivity contribution in [1.82, 2.24) is 24.9 Å². The largest absolute Gasteiger partial charge is 0.353 e. The molecule has 0 spiro atoms. The molecule has 1 aliphatic rings. The van der Waals surface area contributed by atoms with Crippen LogP contribution < -0.4 is 5.32 Å². The summed E-state index contributed by atoms with van der Waals surface area (Å²) in [4.78, 5) is 20.6. The minimum atomic E-state index is 0.0408. The molecule has 0 radical (unpaired) electrons. The van der Waals surface area contributed by atoms with E-state index in [2.05, 4.69) is 27.3 Å². The first-order chi connectivity index (χ1) is 10.0. The van der Waals surface area contributed by atoms with Crippen molar-refractivity contribution in [3.8, 4) is 0 Å². The summed E-state index contributed by atoms with van der Waals surface area (Å²) in [6, 6.07) is 2.24. The summed E-state index contributed by atoms with van der Waals surface area (Å²) in [5.41, 5.74) is 1.91. The van der Waals surface area contributed by atoms with Crippen molar-refractivity contribution in [2.45, 2.75) is 44.8 Å². The van der Waals surface area contributed by atoms with E-state index in [1.807, 2.05) is 19.9 Å². The molecule has 0 saturated heterocycles. The molecule has 0 aromatic carbocycles. The standard InChI is InChI=1S/C14H19N5OS/c1-8-6-9(2)19-13(15-8)17-14(18-19)21-7-12(20)16-10(3)11-4-5-11/h6,10-11H,4-5,7H2,1-3H3,(H,16,20)/t10-/m1/s1. The Hall–Kier alpha value is -1.63. The van der Waals surface area contributed by atoms with E-state index in [9.17, 15) is 4.79 Å². The van der Waals surface area contributed by atoms with Crippen LogP contribution in [0.15, 0.2) is 11.2 Å². The zero-order valence-corrected chi connectivity index (χ0v) is 13.3. The summed E-state index contributed by atoms with van der Waals surface area (Å²) >= 11 is 1.35. The average molecular weight is 305 g/mol. The van der Waals surface area contributed by atoms with E-state index < -0.39 is 0 Å². The monoisotopic (exact) mass is 305 g/mol. The van der Waals surface area contributed by atoms with Gasteiger partial charge < -0.3 is 5.32 Å². The lowest BCUT2D eigenvalue weighted by Gasteiger charge is -2.11. The van der Waals surface area contributed by atoms with Crippen LogP contribution in [0, 0.1) is 19.8 Å². The molecule has 1 aliphatic carbocycles. The number of nitrogens with zero attached hydrogens (tertiary/aromatic N) is 4. The molecule has 2 aromatic rings. The molecule has 0 aliphatic heterocycles. The van der Waals surface area contributed by atoms with Gasteiger partial charge in [-0.15, -0.1) is 5.10 Å². The highest BCUT2D eigenvalue weighted by Gasteiger charge is 2.28. The molecule has 2 aromatic heterocycles. The number of aromatic nitrogens is 4. The van der Waals surface area contributed by atoms with E-state index in [4.69, 9.17) is 0 Å². The maximum atomic E-state index is 11.9. The third kappa shape index (κ3) is 3.34. The van der Waals surface area contributed by atoms with Gasteiger partial charge in [-0.1, -0.05) is 11.8 Å². The lowest BCUT2D eigenvalue weighted by Crippen LogP contribution is -2.35. The van der Waals surface area contributed by atoms with Crippen LogP contribution in [-0.4, -0.2) is 37.3 Å². The van der Waals surface area contributed by atoms with Crippen LogP contribution in [0.25, 0.3) is 5.78 Å². The molecule has 112 valence electrons. The molecule has 7 heteroatoms. The number of carbonyl (C=O) groups excluding carboxylic acids is 1. The van der Waals surface area contributed by atoms with Crippen molar-refractivity contribution < 1.29 is 4.79 Å². The SMILES string of the molecule is Cc1cc(C)n2nc(SCC(=O)N[C@H](C)C3CC3)nc2n1. The molecule has 1 N–H and O–H groups in total. The van der Waals surface area contributed by atoms with E-state index in [0.717, 1.165) is 11.4 Å². The van der Waals surface area contributed by atoms with Crippen LogP contribution in [0.5, 0.6) is 0 Å². The van der Waals surface area contributed by atoms with Crippen LogP contribution in [0.3, 0.4) is 0 Å². The molecular weight excluding hydrogens is 286 g/mol. The van der Waals surface area contributed by atoms with E-state index in [-0.39, 0.29) is 11.9 Å². The van der Waals surface area contributed by atoms with Gasteiger partial charge in [-0.25, -0.2) is 9.50 Å². The van der Waals surface area contributed by atoms with Crippen LogP contribution in [-0.2, 0) is 4.79 Å². The first-order valence-electron chi connectivity index (χ1n) is 7.16. The number of fused-ring (bicyclic) bond motifs is 1. The molecule has 1 amide bonds. The van der Waals surface area contributed by atoms with E-state index in [1.165, 1.54) is 24.6 Å². The molecule has 6 nitrogen and oxygen atoms in total. The van der Waals surface area contributed by atoms with Crippen molar-refractivity contribution in [2.75, 3.05) is 5.75 Å². The maximum Gasteiger partial charge on any atom is 0.253 e. The van der Waals surface area contributed by atoms with Gasteiger partial charge in [0, 0.05) is 17.4 Å². The highest BCUT2D eigenvalue weighted by Crippen LogP contribution is 2.32. The summed E-state index contributed by atoms with van der Waals surface area (Å²) in [6.45, 7) is 5.97. The molecule has 0 bridgehead atoms. The third-order valence-electron chi connectivity index (χ3n) is 3.65. The fourth-order valence-corrected chi connectivity index (χ4v) is 2.98. The van der Waals surface area contributed by atoms with Crippen LogP contribution in [0.4, 0.5) is 0 Å². The summed E-state index contributed by atoms with van der Waals surface area (Å²) in [7, 11) is 0. The van der Waals surface area contributed by atoms with Gasteiger partial charge in [0.15, 0.2) is 0 Å². The number of hydrogen-bond donors (Lipinski definition) is 1. The van der Waals surface area contributed by atoms with Gasteiger partial charge in [0.2, 0.25) is 11.1 Å². The predicted octanol–water partition coefficient (Wildman–Crippen LogP) is 1.75. The molecule has 1 fully saturated rings. The number of nitrogens with one attached hydrogen (secondary N) is 1. The zero-order chi connectivity index (χ0) is 15.0. The van der Waals surface area contributed by atoms with Crippen molar-refractivity contribution in [3.05, 3.63) is 17.5 Å². The highest BCUT2D eigenvalue weighted by atomic mass is 32.2. The second kappa shape index (κ2) is 5.63. The first-order valence-corrected chi connectivity index (χ1v) is 8.14. The Balaban J connectivity index is 1.62. The summed E-state index contributed by atoms with van der Waals surface area (Å²) in [5.74, 6) is 1.63. The Bertz CT molecular complexity index is 679. The Morgan fingerprint density at radius 1 is 1.48 bits per heavy atom. The quantitative estimate of drug-likeness (QED) is 0.852. The fourth-order valence-electron chi connectivity index (χ4n) is 2.35. The van der Waals surface area contributed by atoms with Gasteiger partial charge in [-0.2, -0.15) is 4.98 Å². The minimum absolute atomic E-state index is 0.0408. The number of rotatable bonds is 5. The molecule has 1 atom stereocenters. The van der Waals surface area contributed by atoms with Crippen LogP contribution >= 0.6 is 11.8 Å². The van der Waals surface area contributed by atoms with Crippen LogP contribution in [0.1, 0.15) is 31.2 Å². The van der Waals surface area contributed by atoms with E-state index in [1.54, 1.807) is 4.52 Å². The van der Waals surface area contributed by atoms with Crippen LogP contribution in [0.2, 0.25) is 0 Å². The number of carbonyl (C=O) groups is 1. The van der Waals surface area contributed by atoms with Gasteiger partial charge in [0.25, 0.3) is 5.78 Å². The highest BCUT2D eigenvalue weighted by molar-refractivity contribution is 7.99. The number of thioether (sulfide) groups is 1. The molecule has 21 heavy (non-hydrogen) atoms. The molecular formula is C14H19N5OS. The minimum Gasteiger partial charge on any atom is -0.353 e. The first kappa shape index (κ1) is 14.3. The summed E-state index contributed by atoms with van der Waals surface area (Å²) in [6.07, 6.45) is 2.46. The smallest absolute Gasteiger partial charge is 0.253 e. The second-order valence-electron chi connectivity index (χ2n) is 5.63. The fraction of sp³-hybridized carbons (Fsp3) is 0.571. The van der Waals surface area contributed by atoms with Gasteiger partial charge in [-0.3, -0.25) is 4.79 Å². The zero-order valence-electron chi connectivity index (χ0n) is 12.5. The average Bonchev–Trinajstić information content (AvgIpc) is 3.17. The van der Waals surface area contributed by atoms with E-state index >= 15 is 0 Å². The molecule has 1 saturated carbocycles. The number of hydrogen-bond acceptors (Lipinski definition) is 5. The van der Waals surface area contributed by atoms with Gasteiger partial charge in [0.05, 0.1) is 5.75 Å². The third-order valence-corrected chi connectivity index (χ3v) is 4.49. The van der Waals surface area contributed by atoms with Gasteiger partial charge >= 0.3 is 0 Å². The van der Waals surface area contributed by atoms with Crippen molar-refractivity contribution in [2.24, 2.45) is 5.92 Å². The van der Waals surface area contributed by atoms with Crippen molar-refractivity contribution in [1.29, 1.82) is 0 Å². The Morgan fingerprint density at radius 3 is 2.95 bits per heavy atom. The number of amides is 1. The topological polar surface area (TPSA) is 72.2 Å². The summed E-state index contributed by atoms with van der Waals surface area (Å²) < 4.78 is 1.71. The van der Waals surface area contributed by atoms with Crippen molar-refractivity contribution in [3.63, 3.8) is 0 Å². The number of aryl methyl sites for hydroxylation is 2. The molecule has 0 unspecified atom stereocenters. The Kier molecular flexibility index (Phi) is 3.84. The van der Waals surface area contributed by atoms with Gasteiger partial charge in [-0.05, 0) is 45.6 Å². The summed E-state index contributed by atoms with van der Waals surface area (Å²) in [5, 5.41) is 7.99. The second-order valence-corrected chi connectivity index (χ2v) is 6.57. The van der Waals surface area contributed by atoms with E-state index in [0.29, 0.717) is 22.6 Å². The predicted molar refractivity (Wildman–Crippen MR) is 81.3 cm³/mol. The molecule has 2 heterocycles. The Labute approximate surface area is 127 Å². The van der Waals surface area contributed by atoms with Crippen molar-refractivity contribution >= 4 is 23.4 Å².